The molecule has 0 unspecified atom stereocenters. The Labute approximate surface area is 177 Å². The van der Waals surface area contributed by atoms with Crippen LogP contribution in [-0.2, 0) is 6.54 Å². The van der Waals surface area contributed by atoms with Crippen molar-refractivity contribution >= 4 is 34.1 Å². The molecule has 1 saturated carbocycles. The summed E-state index contributed by atoms with van der Waals surface area (Å²) in [6.07, 6.45) is 4.12. The molecule has 3 aromatic heterocycles. The fraction of sp³-hybridized carbons (Fsp3) is 0.429. The van der Waals surface area contributed by atoms with Crippen LogP contribution in [0.4, 0.5) is 5.82 Å². The van der Waals surface area contributed by atoms with Gasteiger partial charge in [0.1, 0.15) is 5.82 Å². The molecule has 5 rings (SSSR count). The lowest BCUT2D eigenvalue weighted by molar-refractivity contribution is 0.0962. The van der Waals surface area contributed by atoms with Crippen molar-refractivity contribution in [2.75, 3.05) is 38.1 Å². The average Bonchev–Trinajstić information content (AvgIpc) is 3.49. The number of rotatable bonds is 5. The highest BCUT2D eigenvalue weighted by molar-refractivity contribution is 7.12. The van der Waals surface area contributed by atoms with Crippen LogP contribution in [0.5, 0.6) is 0 Å². The van der Waals surface area contributed by atoms with E-state index < -0.39 is 0 Å². The number of hydrogen-bond acceptors (Lipinski definition) is 7. The zero-order valence-corrected chi connectivity index (χ0v) is 17.7. The molecule has 0 atom stereocenters. The molecule has 156 valence electrons. The molecule has 0 spiro atoms. The summed E-state index contributed by atoms with van der Waals surface area (Å²) in [7, 11) is 1.62. The Bertz CT molecular complexity index is 1140. The molecule has 1 saturated heterocycles. The van der Waals surface area contributed by atoms with Gasteiger partial charge in [-0.1, -0.05) is 0 Å². The second kappa shape index (κ2) is 7.81. The minimum absolute atomic E-state index is 0.0250. The molecule has 0 radical (unpaired) electrons. The number of amides is 1. The first-order valence-corrected chi connectivity index (χ1v) is 11.2. The normalized spacial score (nSPS) is 17.4. The van der Waals surface area contributed by atoms with E-state index in [2.05, 4.69) is 30.1 Å². The van der Waals surface area contributed by atoms with Gasteiger partial charge in [-0.25, -0.2) is 4.98 Å². The summed E-state index contributed by atoms with van der Waals surface area (Å²) in [6.45, 7) is 4.33. The maximum atomic E-state index is 12.3. The number of anilines is 1. The highest BCUT2D eigenvalue weighted by Crippen LogP contribution is 2.38. The van der Waals surface area contributed by atoms with E-state index in [0.717, 1.165) is 73.5 Å². The first-order valence-electron chi connectivity index (χ1n) is 10.3. The van der Waals surface area contributed by atoms with Crippen LogP contribution in [0.2, 0.25) is 0 Å². The Balaban J connectivity index is 1.23. The van der Waals surface area contributed by atoms with Gasteiger partial charge in [0.2, 0.25) is 0 Å². The Morgan fingerprint density at radius 3 is 2.80 bits per heavy atom. The van der Waals surface area contributed by atoms with E-state index in [1.54, 1.807) is 7.05 Å². The zero-order valence-electron chi connectivity index (χ0n) is 16.9. The molecule has 30 heavy (non-hydrogen) atoms. The van der Waals surface area contributed by atoms with E-state index in [4.69, 9.17) is 0 Å². The van der Waals surface area contributed by atoms with Crippen molar-refractivity contribution in [2.45, 2.75) is 25.3 Å². The van der Waals surface area contributed by atoms with E-state index >= 15 is 0 Å². The first kappa shape index (κ1) is 19.2. The van der Waals surface area contributed by atoms with Gasteiger partial charge in [-0.3, -0.25) is 19.5 Å². The van der Waals surface area contributed by atoms with Crippen molar-refractivity contribution in [2.24, 2.45) is 0 Å². The fourth-order valence-electron chi connectivity index (χ4n) is 3.94. The number of thiazole rings is 1. The third-order valence-electron chi connectivity index (χ3n) is 5.81. The van der Waals surface area contributed by atoms with Gasteiger partial charge in [0.25, 0.3) is 11.5 Å². The van der Waals surface area contributed by atoms with Gasteiger partial charge in [-0.2, -0.15) is 0 Å². The lowest BCUT2D eigenvalue weighted by Crippen LogP contribution is -2.46. The van der Waals surface area contributed by atoms with Crippen LogP contribution >= 0.6 is 11.3 Å². The van der Waals surface area contributed by atoms with E-state index in [9.17, 15) is 9.59 Å². The maximum absolute atomic E-state index is 12.3. The molecule has 2 aliphatic rings. The van der Waals surface area contributed by atoms with E-state index in [-0.39, 0.29) is 11.5 Å². The number of nitrogens with one attached hydrogen (secondary N) is 2. The van der Waals surface area contributed by atoms with Crippen LogP contribution in [0, 0.1) is 0 Å². The first-order chi connectivity index (χ1) is 14.6. The summed E-state index contributed by atoms with van der Waals surface area (Å²) < 4.78 is 0. The molecule has 1 aliphatic carbocycles. The molecular weight excluding hydrogens is 400 g/mol. The summed E-state index contributed by atoms with van der Waals surface area (Å²) in [5.41, 5.74) is 3.67. The molecular formula is C21H24N6O2S. The van der Waals surface area contributed by atoms with Gasteiger partial charge in [0, 0.05) is 56.9 Å². The zero-order chi connectivity index (χ0) is 20.7. The molecule has 9 heteroatoms. The summed E-state index contributed by atoms with van der Waals surface area (Å²) in [4.78, 5) is 40.7. The summed E-state index contributed by atoms with van der Waals surface area (Å²) >= 11 is 1.37. The van der Waals surface area contributed by atoms with Gasteiger partial charge >= 0.3 is 0 Å². The Morgan fingerprint density at radius 1 is 1.27 bits per heavy atom. The number of aromatic nitrogens is 3. The molecule has 4 heterocycles. The molecule has 8 nitrogen and oxygen atoms in total. The van der Waals surface area contributed by atoms with Crippen LogP contribution in [0.1, 0.15) is 39.7 Å². The van der Waals surface area contributed by atoms with Crippen LogP contribution < -0.4 is 15.8 Å². The Kier molecular flexibility index (Phi) is 5.00. The number of H-pyrrole nitrogens is 1. The standard InChI is InChI=1S/C21H24N6O2S/c1-22-20(29)21-25-18(12-30-21)27-6-4-26(5-7-27)11-13-8-17-16(23-10-13)9-15(14-2-3-14)19(28)24-17/h8-10,12,14H,2-7,11H2,1H3,(H,22,29)(H,24,28). The van der Waals surface area contributed by atoms with Crippen LogP contribution in [-0.4, -0.2) is 59.0 Å². The van der Waals surface area contributed by atoms with Gasteiger partial charge in [-0.05, 0) is 36.5 Å². The van der Waals surface area contributed by atoms with Crippen molar-refractivity contribution in [3.8, 4) is 0 Å². The Hall–Kier alpha value is -2.78. The topological polar surface area (TPSA) is 94.2 Å². The fourth-order valence-corrected chi connectivity index (χ4v) is 4.71. The second-order valence-electron chi connectivity index (χ2n) is 7.96. The van der Waals surface area contributed by atoms with Crippen molar-refractivity contribution < 1.29 is 4.79 Å². The largest absolute Gasteiger partial charge is 0.353 e. The lowest BCUT2D eigenvalue weighted by Gasteiger charge is -2.34. The molecule has 3 aromatic rings. The van der Waals surface area contributed by atoms with Crippen molar-refractivity contribution in [3.63, 3.8) is 0 Å². The van der Waals surface area contributed by atoms with Crippen molar-refractivity contribution in [3.05, 3.63) is 50.2 Å². The number of hydrogen-bond donors (Lipinski definition) is 2. The smallest absolute Gasteiger partial charge is 0.280 e. The minimum atomic E-state index is -0.143. The minimum Gasteiger partial charge on any atom is -0.353 e. The monoisotopic (exact) mass is 424 g/mol. The van der Waals surface area contributed by atoms with Crippen LogP contribution in [0.25, 0.3) is 11.0 Å². The van der Waals surface area contributed by atoms with Gasteiger partial charge in [0.15, 0.2) is 5.01 Å². The number of aromatic amines is 1. The van der Waals surface area contributed by atoms with Gasteiger partial charge < -0.3 is 15.2 Å². The predicted molar refractivity (Wildman–Crippen MR) is 117 cm³/mol. The summed E-state index contributed by atoms with van der Waals surface area (Å²) in [6, 6.07) is 4.00. The molecule has 2 fully saturated rings. The SMILES string of the molecule is CNC(=O)c1nc(N2CCN(Cc3cnc4cc(C5CC5)c(=O)[nH]c4c3)CC2)cs1. The average molecular weight is 425 g/mol. The van der Waals surface area contributed by atoms with Crippen LogP contribution in [0.15, 0.2) is 28.5 Å². The molecule has 0 aromatic carbocycles. The highest BCUT2D eigenvalue weighted by atomic mass is 32.1. The van der Waals surface area contributed by atoms with Crippen molar-refractivity contribution in [1.29, 1.82) is 0 Å². The molecule has 1 aliphatic heterocycles. The third-order valence-corrected chi connectivity index (χ3v) is 6.64. The van der Waals surface area contributed by atoms with Crippen LogP contribution in [0.3, 0.4) is 0 Å². The molecule has 1 amide bonds. The lowest BCUT2D eigenvalue weighted by atomic mass is 10.1. The van der Waals surface area contributed by atoms with Gasteiger partial charge in [0.05, 0.1) is 11.0 Å². The number of piperazine rings is 1. The van der Waals surface area contributed by atoms with E-state index in [1.807, 2.05) is 23.7 Å². The van der Waals surface area contributed by atoms with Crippen molar-refractivity contribution in [1.82, 2.24) is 25.2 Å². The predicted octanol–water partition coefficient (Wildman–Crippen LogP) is 1.94. The number of nitrogens with zero attached hydrogens (tertiary/aromatic N) is 4. The van der Waals surface area contributed by atoms with E-state index in [0.29, 0.717) is 10.9 Å². The highest BCUT2D eigenvalue weighted by Gasteiger charge is 2.26. The Morgan fingerprint density at radius 2 is 2.07 bits per heavy atom. The maximum Gasteiger partial charge on any atom is 0.280 e. The molecule has 0 bridgehead atoms. The third kappa shape index (κ3) is 3.82. The molecule has 2 N–H and O–H groups in total. The number of pyridine rings is 2. The number of carbonyl (C=O) groups is 1. The quantitative estimate of drug-likeness (QED) is 0.650. The van der Waals surface area contributed by atoms with Gasteiger partial charge in [-0.15, -0.1) is 11.3 Å². The summed E-state index contributed by atoms with van der Waals surface area (Å²) in [5.74, 6) is 1.15. The summed E-state index contributed by atoms with van der Waals surface area (Å²) in [5, 5.41) is 5.05. The number of fused-ring (bicyclic) bond motifs is 1. The number of carbonyl (C=O) groups excluding carboxylic acids is 1. The van der Waals surface area contributed by atoms with E-state index in [1.165, 1.54) is 11.3 Å². The second-order valence-corrected chi connectivity index (χ2v) is 8.82.